The van der Waals surface area contributed by atoms with Crippen molar-refractivity contribution in [3.8, 4) is 0 Å². The fraction of sp³-hybridized carbons (Fsp3) is 0.615. The van der Waals surface area contributed by atoms with Crippen molar-refractivity contribution in [3.63, 3.8) is 0 Å². The number of fused-ring (bicyclic) bond motifs is 1. The highest BCUT2D eigenvalue weighted by molar-refractivity contribution is 5.35. The molecule has 3 atom stereocenters. The maximum Gasteiger partial charge on any atom is -0.0169 e. The van der Waals surface area contributed by atoms with Gasteiger partial charge >= 0.3 is 0 Å². The smallest absolute Gasteiger partial charge is 0.0169 e. The molecule has 0 aromatic carbocycles. The van der Waals surface area contributed by atoms with Crippen LogP contribution in [0.4, 0.5) is 0 Å². The van der Waals surface area contributed by atoms with Gasteiger partial charge in [-0.25, -0.2) is 0 Å². The maximum atomic E-state index is 4.29. The van der Waals surface area contributed by atoms with Gasteiger partial charge < -0.3 is 0 Å². The lowest BCUT2D eigenvalue weighted by atomic mass is 9.74. The third-order valence-electron chi connectivity index (χ3n) is 7.24. The second kappa shape index (κ2) is 9.07. The summed E-state index contributed by atoms with van der Waals surface area (Å²) < 4.78 is 0. The minimum atomic E-state index is 0.869. The summed E-state index contributed by atoms with van der Waals surface area (Å²) in [5, 5.41) is 0. The summed E-state index contributed by atoms with van der Waals surface area (Å²) in [4.78, 5) is 0. The van der Waals surface area contributed by atoms with Gasteiger partial charge in [-0.15, -0.1) is 0 Å². The first kappa shape index (κ1) is 19.5. The minimum Gasteiger partial charge on any atom is -0.0959 e. The average molecular weight is 351 g/mol. The summed E-state index contributed by atoms with van der Waals surface area (Å²) in [7, 11) is 0. The Morgan fingerprint density at radius 1 is 1.00 bits per heavy atom. The van der Waals surface area contributed by atoms with Crippen LogP contribution in [-0.4, -0.2) is 0 Å². The van der Waals surface area contributed by atoms with Crippen LogP contribution in [0.3, 0.4) is 0 Å². The van der Waals surface area contributed by atoms with Gasteiger partial charge in [-0.05, 0) is 108 Å². The number of hydrogen-bond acceptors (Lipinski definition) is 0. The molecule has 3 rings (SSSR count). The van der Waals surface area contributed by atoms with Crippen LogP contribution in [0.5, 0.6) is 0 Å². The molecule has 3 aliphatic rings. The van der Waals surface area contributed by atoms with Crippen molar-refractivity contribution in [2.24, 2.45) is 17.8 Å². The third kappa shape index (κ3) is 4.70. The van der Waals surface area contributed by atoms with Crippen LogP contribution >= 0.6 is 0 Å². The van der Waals surface area contributed by atoms with Gasteiger partial charge in [0.15, 0.2) is 0 Å². The summed E-state index contributed by atoms with van der Waals surface area (Å²) in [6, 6.07) is 0. The Morgan fingerprint density at radius 3 is 2.58 bits per heavy atom. The van der Waals surface area contributed by atoms with Crippen LogP contribution in [0, 0.1) is 17.8 Å². The second-order valence-corrected chi connectivity index (χ2v) is 8.99. The zero-order chi connectivity index (χ0) is 18.5. The van der Waals surface area contributed by atoms with Gasteiger partial charge in [-0.3, -0.25) is 0 Å². The third-order valence-corrected chi connectivity index (χ3v) is 7.24. The van der Waals surface area contributed by atoms with E-state index in [0.717, 1.165) is 17.8 Å². The topological polar surface area (TPSA) is 0 Å². The van der Waals surface area contributed by atoms with Crippen molar-refractivity contribution in [1.29, 1.82) is 0 Å². The highest BCUT2D eigenvalue weighted by Crippen LogP contribution is 2.50. The Hall–Kier alpha value is -1.30. The lowest BCUT2D eigenvalue weighted by Crippen LogP contribution is -2.21. The molecule has 0 spiro atoms. The van der Waals surface area contributed by atoms with E-state index in [1.54, 1.807) is 5.57 Å². The minimum absolute atomic E-state index is 0.869. The molecular weight excluding hydrogens is 312 g/mol. The average Bonchev–Trinajstić information content (AvgIpc) is 3.04. The fourth-order valence-corrected chi connectivity index (χ4v) is 5.43. The largest absolute Gasteiger partial charge is 0.0959 e. The van der Waals surface area contributed by atoms with Gasteiger partial charge in [-0.2, -0.15) is 0 Å². The van der Waals surface area contributed by atoms with E-state index in [-0.39, 0.29) is 0 Å². The van der Waals surface area contributed by atoms with Gasteiger partial charge in [0.25, 0.3) is 0 Å². The van der Waals surface area contributed by atoms with Crippen molar-refractivity contribution in [2.45, 2.75) is 84.5 Å². The van der Waals surface area contributed by atoms with E-state index >= 15 is 0 Å². The van der Waals surface area contributed by atoms with Crippen molar-refractivity contribution >= 4 is 0 Å². The Morgan fingerprint density at radius 2 is 1.81 bits per heavy atom. The number of hydrogen-bond donors (Lipinski definition) is 0. The van der Waals surface area contributed by atoms with Crippen LogP contribution in [0.15, 0.2) is 59.3 Å². The quantitative estimate of drug-likeness (QED) is 0.439. The number of allylic oxidation sites excluding steroid dienone is 8. The van der Waals surface area contributed by atoms with Gasteiger partial charge in [0.05, 0.1) is 0 Å². The monoisotopic (exact) mass is 350 g/mol. The van der Waals surface area contributed by atoms with Crippen molar-refractivity contribution in [2.75, 3.05) is 0 Å². The predicted octanol–water partition coefficient (Wildman–Crippen LogP) is 8.10. The van der Waals surface area contributed by atoms with Gasteiger partial charge in [0, 0.05) is 0 Å². The van der Waals surface area contributed by atoms with E-state index in [2.05, 4.69) is 45.2 Å². The first-order valence-electron chi connectivity index (χ1n) is 11.0. The molecule has 0 saturated heterocycles. The molecule has 3 unspecified atom stereocenters. The van der Waals surface area contributed by atoms with Crippen molar-refractivity contribution < 1.29 is 0 Å². The van der Waals surface area contributed by atoms with E-state index < -0.39 is 0 Å². The SMILES string of the molecule is C=C1CCCC/C1=C/C=C1\CCCC2C(CC/C=C(\C)C(=C)C)CCC12. The van der Waals surface area contributed by atoms with E-state index in [1.165, 1.54) is 92.9 Å². The van der Waals surface area contributed by atoms with Crippen LogP contribution in [-0.2, 0) is 0 Å². The Labute approximate surface area is 161 Å². The van der Waals surface area contributed by atoms with Gasteiger partial charge in [-0.1, -0.05) is 53.7 Å². The van der Waals surface area contributed by atoms with E-state index in [0.29, 0.717) is 0 Å². The van der Waals surface area contributed by atoms with E-state index in [9.17, 15) is 0 Å². The summed E-state index contributed by atoms with van der Waals surface area (Å²) in [6.07, 6.45) is 22.1. The van der Waals surface area contributed by atoms with Crippen molar-refractivity contribution in [3.05, 3.63) is 59.3 Å². The van der Waals surface area contributed by atoms with Crippen molar-refractivity contribution in [1.82, 2.24) is 0 Å². The standard InChI is InChI=1S/C26H38/c1-19(2)20(3)10-7-12-24-17-18-26-23(13-8-14-25(24)26)16-15-22-11-6-5-9-21(22)4/h10,15-16,24-26H,1,4-9,11-14,17-18H2,2-3H3/b20-10+,22-15-,23-16+. The molecule has 3 fully saturated rings. The molecule has 26 heavy (non-hydrogen) atoms. The zero-order valence-electron chi connectivity index (χ0n) is 17.2. The maximum absolute atomic E-state index is 4.29. The first-order valence-corrected chi connectivity index (χ1v) is 11.0. The van der Waals surface area contributed by atoms with Crippen LogP contribution in [0.25, 0.3) is 0 Å². The molecule has 0 aliphatic heterocycles. The zero-order valence-corrected chi connectivity index (χ0v) is 17.2. The summed E-state index contributed by atoms with van der Waals surface area (Å²) in [5.74, 6) is 2.75. The molecule has 0 nitrogen and oxygen atoms in total. The molecule has 3 saturated carbocycles. The Bertz CT molecular complexity index is 624. The predicted molar refractivity (Wildman–Crippen MR) is 115 cm³/mol. The van der Waals surface area contributed by atoms with Crippen LogP contribution in [0.2, 0.25) is 0 Å². The molecule has 0 aromatic heterocycles. The molecule has 0 aromatic rings. The molecule has 0 heterocycles. The molecule has 0 heteroatoms. The molecule has 0 radical (unpaired) electrons. The summed E-state index contributed by atoms with van der Waals surface area (Å²) in [6.45, 7) is 12.7. The Balaban J connectivity index is 1.61. The number of rotatable bonds is 5. The molecule has 142 valence electrons. The van der Waals surface area contributed by atoms with E-state index in [1.807, 2.05) is 0 Å². The molecule has 0 amide bonds. The fourth-order valence-electron chi connectivity index (χ4n) is 5.43. The lowest BCUT2D eigenvalue weighted by molar-refractivity contribution is 0.268. The lowest BCUT2D eigenvalue weighted by Gasteiger charge is -2.32. The highest BCUT2D eigenvalue weighted by Gasteiger charge is 2.38. The molecule has 3 aliphatic carbocycles. The first-order chi connectivity index (χ1) is 12.6. The highest BCUT2D eigenvalue weighted by atomic mass is 14.4. The van der Waals surface area contributed by atoms with E-state index in [4.69, 9.17) is 0 Å². The summed E-state index contributed by atoms with van der Waals surface area (Å²) in [5.41, 5.74) is 7.27. The molecule has 0 N–H and O–H groups in total. The van der Waals surface area contributed by atoms with Gasteiger partial charge in [0.1, 0.15) is 0 Å². The second-order valence-electron chi connectivity index (χ2n) is 8.99. The summed E-state index contributed by atoms with van der Waals surface area (Å²) >= 11 is 0. The normalized spacial score (nSPS) is 32.9. The van der Waals surface area contributed by atoms with Gasteiger partial charge in [0.2, 0.25) is 0 Å². The molecule has 0 bridgehead atoms. The van der Waals surface area contributed by atoms with Crippen LogP contribution < -0.4 is 0 Å². The Kier molecular flexibility index (Phi) is 6.79. The molecular formula is C26H38. The van der Waals surface area contributed by atoms with Crippen LogP contribution in [0.1, 0.15) is 84.5 Å².